The Labute approximate surface area is 86.3 Å². The number of aliphatic hydroxyl groups excluding tert-OH is 1. The summed E-state index contributed by atoms with van der Waals surface area (Å²) in [6.45, 7) is 0. The molecule has 2 rings (SSSR count). The molecule has 2 N–H and O–H groups in total. The SMILES string of the molecule is OC1c2c(C(F)(F)F)n[nH]c2CCC1(F)F. The summed E-state index contributed by atoms with van der Waals surface area (Å²) >= 11 is 0. The summed E-state index contributed by atoms with van der Waals surface area (Å²) < 4.78 is 63.3. The van der Waals surface area contributed by atoms with Crippen LogP contribution in [-0.2, 0) is 12.6 Å². The molecule has 8 heteroatoms. The minimum absolute atomic E-state index is 0.0780. The second-order valence-electron chi connectivity index (χ2n) is 3.63. The Balaban J connectivity index is 2.53. The monoisotopic (exact) mass is 242 g/mol. The Morgan fingerprint density at radius 1 is 1.38 bits per heavy atom. The van der Waals surface area contributed by atoms with Gasteiger partial charge in [-0.05, 0) is 6.42 Å². The summed E-state index contributed by atoms with van der Waals surface area (Å²) in [5.41, 5.74) is -2.37. The molecule has 0 bridgehead atoms. The Bertz CT molecular complexity index is 411. The highest BCUT2D eigenvalue weighted by molar-refractivity contribution is 5.33. The van der Waals surface area contributed by atoms with E-state index < -0.39 is 35.9 Å². The highest BCUT2D eigenvalue weighted by Gasteiger charge is 2.50. The summed E-state index contributed by atoms with van der Waals surface area (Å²) in [6.07, 6.45) is -8.26. The number of halogens is 5. The van der Waals surface area contributed by atoms with Crippen LogP contribution in [0.25, 0.3) is 0 Å². The van der Waals surface area contributed by atoms with E-state index >= 15 is 0 Å². The van der Waals surface area contributed by atoms with Gasteiger partial charge < -0.3 is 5.11 Å². The number of hydrogen-bond donors (Lipinski definition) is 2. The first kappa shape index (κ1) is 11.3. The van der Waals surface area contributed by atoms with Crippen LogP contribution in [0.2, 0.25) is 0 Å². The molecule has 0 spiro atoms. The van der Waals surface area contributed by atoms with Crippen LogP contribution in [0.15, 0.2) is 0 Å². The molecule has 90 valence electrons. The molecule has 1 heterocycles. The van der Waals surface area contributed by atoms with Crippen molar-refractivity contribution in [3.8, 4) is 0 Å². The molecule has 1 atom stereocenters. The molecule has 1 aromatic rings. The van der Waals surface area contributed by atoms with E-state index in [-0.39, 0.29) is 12.1 Å². The standard InChI is InChI=1S/C8H7F5N2O/c9-7(10)2-1-3-4(6(7)16)5(15-14-3)8(11,12)13/h6,16H,1-2H2,(H,14,15). The minimum Gasteiger partial charge on any atom is -0.382 e. The van der Waals surface area contributed by atoms with Crippen molar-refractivity contribution >= 4 is 0 Å². The Hall–Kier alpha value is -1.18. The number of nitrogens with zero attached hydrogens (tertiary/aromatic N) is 1. The Morgan fingerprint density at radius 3 is 2.56 bits per heavy atom. The number of alkyl halides is 5. The highest BCUT2D eigenvalue weighted by atomic mass is 19.4. The second-order valence-corrected chi connectivity index (χ2v) is 3.63. The van der Waals surface area contributed by atoms with E-state index in [0.29, 0.717) is 0 Å². The van der Waals surface area contributed by atoms with Crippen LogP contribution in [0.1, 0.15) is 29.5 Å². The molecule has 0 aliphatic heterocycles. The number of H-pyrrole nitrogens is 1. The molecule has 0 saturated carbocycles. The van der Waals surface area contributed by atoms with Crippen molar-refractivity contribution in [2.45, 2.75) is 31.0 Å². The average Bonchev–Trinajstić information content (AvgIpc) is 2.55. The lowest BCUT2D eigenvalue weighted by Gasteiger charge is -2.27. The van der Waals surface area contributed by atoms with Gasteiger partial charge in [0, 0.05) is 17.7 Å². The van der Waals surface area contributed by atoms with E-state index in [1.807, 2.05) is 5.10 Å². The number of aromatic nitrogens is 2. The van der Waals surface area contributed by atoms with Crippen LogP contribution in [0.3, 0.4) is 0 Å². The number of nitrogens with one attached hydrogen (secondary N) is 1. The van der Waals surface area contributed by atoms with E-state index in [1.54, 1.807) is 0 Å². The van der Waals surface area contributed by atoms with Crippen LogP contribution >= 0.6 is 0 Å². The van der Waals surface area contributed by atoms with Crippen LogP contribution in [0, 0.1) is 0 Å². The maximum atomic E-state index is 13.1. The van der Waals surface area contributed by atoms with Gasteiger partial charge in [-0.2, -0.15) is 18.3 Å². The number of aryl methyl sites for hydroxylation is 1. The smallest absolute Gasteiger partial charge is 0.382 e. The van der Waals surface area contributed by atoms with Crippen molar-refractivity contribution in [3.05, 3.63) is 17.0 Å². The van der Waals surface area contributed by atoms with Gasteiger partial charge >= 0.3 is 6.18 Å². The van der Waals surface area contributed by atoms with Gasteiger partial charge in [-0.3, -0.25) is 5.10 Å². The molecule has 0 saturated heterocycles. The number of aromatic amines is 1. The molecule has 1 aliphatic carbocycles. The van der Waals surface area contributed by atoms with Crippen molar-refractivity contribution < 1.29 is 27.1 Å². The first-order valence-corrected chi connectivity index (χ1v) is 4.43. The summed E-state index contributed by atoms with van der Waals surface area (Å²) in [5, 5.41) is 14.2. The lowest BCUT2D eigenvalue weighted by Crippen LogP contribution is -2.32. The molecule has 1 unspecified atom stereocenters. The fourth-order valence-corrected chi connectivity index (χ4v) is 1.73. The van der Waals surface area contributed by atoms with Gasteiger partial charge in [0.1, 0.15) is 6.10 Å². The maximum Gasteiger partial charge on any atom is 0.435 e. The summed E-state index contributed by atoms with van der Waals surface area (Å²) in [4.78, 5) is 0. The van der Waals surface area contributed by atoms with Gasteiger partial charge in [0.25, 0.3) is 5.92 Å². The zero-order valence-electron chi connectivity index (χ0n) is 7.78. The molecule has 0 radical (unpaired) electrons. The van der Waals surface area contributed by atoms with Gasteiger partial charge in [-0.15, -0.1) is 0 Å². The lowest BCUT2D eigenvalue weighted by molar-refractivity contribution is -0.150. The largest absolute Gasteiger partial charge is 0.435 e. The van der Waals surface area contributed by atoms with Crippen molar-refractivity contribution in [2.75, 3.05) is 0 Å². The van der Waals surface area contributed by atoms with Crippen molar-refractivity contribution in [1.82, 2.24) is 10.2 Å². The topological polar surface area (TPSA) is 48.9 Å². The zero-order chi connectivity index (χ0) is 12.1. The quantitative estimate of drug-likeness (QED) is 0.684. The normalized spacial score (nSPS) is 24.2. The molecular weight excluding hydrogens is 235 g/mol. The third kappa shape index (κ3) is 1.57. The van der Waals surface area contributed by atoms with Gasteiger partial charge in [0.05, 0.1) is 0 Å². The number of rotatable bonds is 0. The van der Waals surface area contributed by atoms with Crippen LogP contribution in [0.5, 0.6) is 0 Å². The molecule has 0 aromatic carbocycles. The van der Waals surface area contributed by atoms with Crippen molar-refractivity contribution in [2.24, 2.45) is 0 Å². The average molecular weight is 242 g/mol. The molecule has 16 heavy (non-hydrogen) atoms. The molecule has 0 fully saturated rings. The van der Waals surface area contributed by atoms with E-state index in [0.717, 1.165) is 0 Å². The van der Waals surface area contributed by atoms with Gasteiger partial charge in [0.2, 0.25) is 0 Å². The van der Waals surface area contributed by atoms with Crippen LogP contribution in [-0.4, -0.2) is 21.2 Å². The summed E-state index contributed by atoms with van der Waals surface area (Å²) in [5.74, 6) is -3.54. The van der Waals surface area contributed by atoms with Gasteiger partial charge in [-0.1, -0.05) is 0 Å². The van der Waals surface area contributed by atoms with E-state index in [4.69, 9.17) is 0 Å². The summed E-state index contributed by atoms with van der Waals surface area (Å²) in [6, 6.07) is 0. The number of hydrogen-bond acceptors (Lipinski definition) is 2. The molecule has 1 aliphatic rings. The van der Waals surface area contributed by atoms with Crippen LogP contribution < -0.4 is 0 Å². The number of fused-ring (bicyclic) bond motifs is 1. The fraction of sp³-hybridized carbons (Fsp3) is 0.625. The summed E-state index contributed by atoms with van der Waals surface area (Å²) in [7, 11) is 0. The lowest BCUT2D eigenvalue weighted by atomic mass is 9.90. The second kappa shape index (κ2) is 3.16. The van der Waals surface area contributed by atoms with Gasteiger partial charge in [-0.25, -0.2) is 8.78 Å². The zero-order valence-corrected chi connectivity index (χ0v) is 7.78. The van der Waals surface area contributed by atoms with Crippen molar-refractivity contribution in [1.29, 1.82) is 0 Å². The molecular formula is C8H7F5N2O. The third-order valence-electron chi connectivity index (χ3n) is 2.53. The Kier molecular flexibility index (Phi) is 2.23. The van der Waals surface area contributed by atoms with E-state index in [1.165, 1.54) is 0 Å². The van der Waals surface area contributed by atoms with Crippen molar-refractivity contribution in [3.63, 3.8) is 0 Å². The molecule has 0 amide bonds. The fourth-order valence-electron chi connectivity index (χ4n) is 1.73. The van der Waals surface area contributed by atoms with Gasteiger partial charge in [0.15, 0.2) is 5.69 Å². The molecule has 3 nitrogen and oxygen atoms in total. The first-order chi connectivity index (χ1) is 7.23. The third-order valence-corrected chi connectivity index (χ3v) is 2.53. The number of aliphatic hydroxyl groups is 1. The Morgan fingerprint density at radius 2 is 2.00 bits per heavy atom. The van der Waals surface area contributed by atoms with E-state index in [2.05, 4.69) is 5.10 Å². The predicted molar refractivity (Wildman–Crippen MR) is 41.8 cm³/mol. The van der Waals surface area contributed by atoms with E-state index in [9.17, 15) is 27.1 Å². The first-order valence-electron chi connectivity index (χ1n) is 4.43. The predicted octanol–water partition coefficient (Wildman–Crippen LogP) is 2.04. The highest BCUT2D eigenvalue weighted by Crippen LogP contribution is 2.45. The van der Waals surface area contributed by atoms with Crippen LogP contribution in [0.4, 0.5) is 22.0 Å². The minimum atomic E-state index is -4.85. The molecule has 1 aromatic heterocycles. The maximum absolute atomic E-state index is 13.1.